The molecule has 100 valence electrons. The van der Waals surface area contributed by atoms with Crippen LogP contribution in [0.25, 0.3) is 11.3 Å². The largest absolute Gasteiger partial charge is 0.395 e. The lowest BCUT2D eigenvalue weighted by atomic mass is 10.1. The summed E-state index contributed by atoms with van der Waals surface area (Å²) in [4.78, 5) is 2.26. The number of benzene rings is 1. The summed E-state index contributed by atoms with van der Waals surface area (Å²) in [5.74, 6) is 0.860. The lowest BCUT2D eigenvalue weighted by Crippen LogP contribution is -2.31. The summed E-state index contributed by atoms with van der Waals surface area (Å²) in [5, 5.41) is 13.4. The highest BCUT2D eigenvalue weighted by Gasteiger charge is 2.24. The topological polar surface area (TPSA) is 49.5 Å². The average molecular weight is 258 g/mol. The number of aromatic nitrogens is 1. The first kappa shape index (κ1) is 12.4. The zero-order chi connectivity index (χ0) is 13.1. The molecule has 0 saturated carbocycles. The minimum absolute atomic E-state index is 0.222. The number of aliphatic hydroxyl groups excluding tert-OH is 1. The molecule has 0 spiro atoms. The SMILES string of the molecule is OC[C@@H]1CCCN1Cc1cc(-c2ccccc2)no1. The lowest BCUT2D eigenvalue weighted by Gasteiger charge is -2.20. The molecule has 19 heavy (non-hydrogen) atoms. The van der Waals surface area contributed by atoms with Gasteiger partial charge in [-0.15, -0.1) is 0 Å². The highest BCUT2D eigenvalue weighted by atomic mass is 16.5. The molecule has 1 aliphatic heterocycles. The van der Waals surface area contributed by atoms with Gasteiger partial charge in [-0.1, -0.05) is 35.5 Å². The summed E-state index contributed by atoms with van der Waals surface area (Å²) in [6, 6.07) is 12.3. The molecule has 2 aromatic rings. The van der Waals surface area contributed by atoms with Gasteiger partial charge < -0.3 is 9.63 Å². The summed E-state index contributed by atoms with van der Waals surface area (Å²) in [5.41, 5.74) is 1.94. The molecular weight excluding hydrogens is 240 g/mol. The van der Waals surface area contributed by atoms with Crippen molar-refractivity contribution in [3.8, 4) is 11.3 Å². The van der Waals surface area contributed by atoms with Crippen LogP contribution >= 0.6 is 0 Å². The van der Waals surface area contributed by atoms with Gasteiger partial charge >= 0.3 is 0 Å². The van der Waals surface area contributed by atoms with Crippen molar-refractivity contribution in [2.24, 2.45) is 0 Å². The van der Waals surface area contributed by atoms with E-state index in [0.717, 1.165) is 42.9 Å². The number of hydrogen-bond donors (Lipinski definition) is 1. The molecule has 1 aromatic heterocycles. The Morgan fingerprint density at radius 1 is 1.32 bits per heavy atom. The molecule has 4 heteroatoms. The molecule has 2 heterocycles. The van der Waals surface area contributed by atoms with E-state index in [1.54, 1.807) is 0 Å². The summed E-state index contributed by atoms with van der Waals surface area (Å²) in [6.45, 7) is 1.97. The van der Waals surface area contributed by atoms with Crippen molar-refractivity contribution in [2.45, 2.75) is 25.4 Å². The van der Waals surface area contributed by atoms with Crippen molar-refractivity contribution in [1.29, 1.82) is 0 Å². The van der Waals surface area contributed by atoms with E-state index in [9.17, 15) is 5.11 Å². The summed E-state index contributed by atoms with van der Waals surface area (Å²) < 4.78 is 5.40. The average Bonchev–Trinajstić information content (AvgIpc) is 3.09. The van der Waals surface area contributed by atoms with Crippen LogP contribution in [-0.4, -0.2) is 34.4 Å². The fourth-order valence-electron chi connectivity index (χ4n) is 2.64. The minimum Gasteiger partial charge on any atom is -0.395 e. The molecule has 0 bridgehead atoms. The van der Waals surface area contributed by atoms with Crippen LogP contribution in [0.3, 0.4) is 0 Å². The van der Waals surface area contributed by atoms with Crippen molar-refractivity contribution in [3.63, 3.8) is 0 Å². The molecule has 0 amide bonds. The van der Waals surface area contributed by atoms with E-state index in [1.807, 2.05) is 36.4 Å². The molecule has 1 aliphatic rings. The van der Waals surface area contributed by atoms with E-state index in [0.29, 0.717) is 0 Å². The van der Waals surface area contributed by atoms with Crippen LogP contribution in [0.5, 0.6) is 0 Å². The van der Waals surface area contributed by atoms with Gasteiger partial charge in [-0.05, 0) is 19.4 Å². The second-order valence-electron chi connectivity index (χ2n) is 4.99. The van der Waals surface area contributed by atoms with E-state index < -0.39 is 0 Å². The molecule has 1 saturated heterocycles. The van der Waals surface area contributed by atoms with Gasteiger partial charge in [0.1, 0.15) is 5.69 Å². The Morgan fingerprint density at radius 2 is 2.16 bits per heavy atom. The van der Waals surface area contributed by atoms with Gasteiger partial charge in [-0.2, -0.15) is 0 Å². The predicted octanol–water partition coefficient (Wildman–Crippen LogP) is 2.30. The third kappa shape index (κ3) is 2.69. The molecule has 3 rings (SSSR count). The number of rotatable bonds is 4. The first-order chi connectivity index (χ1) is 9.36. The van der Waals surface area contributed by atoms with Gasteiger partial charge in [0, 0.05) is 17.7 Å². The maximum atomic E-state index is 9.31. The maximum Gasteiger partial charge on any atom is 0.151 e. The summed E-state index contributed by atoms with van der Waals surface area (Å²) in [6.07, 6.45) is 2.21. The predicted molar refractivity (Wildman–Crippen MR) is 72.5 cm³/mol. The molecule has 0 unspecified atom stereocenters. The lowest BCUT2D eigenvalue weighted by molar-refractivity contribution is 0.143. The van der Waals surface area contributed by atoms with Crippen LogP contribution in [0.4, 0.5) is 0 Å². The number of hydrogen-bond acceptors (Lipinski definition) is 4. The normalized spacial score (nSPS) is 19.9. The Morgan fingerprint density at radius 3 is 2.95 bits per heavy atom. The quantitative estimate of drug-likeness (QED) is 0.914. The van der Waals surface area contributed by atoms with Crippen molar-refractivity contribution < 1.29 is 9.63 Å². The molecule has 1 N–H and O–H groups in total. The zero-order valence-electron chi connectivity index (χ0n) is 10.8. The standard InChI is InChI=1S/C15H18N2O2/c18-11-13-7-4-8-17(13)10-14-9-15(16-19-14)12-5-2-1-3-6-12/h1-3,5-6,9,13,18H,4,7-8,10-11H2/t13-/m0/s1. The van der Waals surface area contributed by atoms with Crippen LogP contribution in [0.2, 0.25) is 0 Å². The molecule has 0 aliphatic carbocycles. The van der Waals surface area contributed by atoms with Crippen LogP contribution in [-0.2, 0) is 6.54 Å². The van der Waals surface area contributed by atoms with Crippen LogP contribution in [0, 0.1) is 0 Å². The van der Waals surface area contributed by atoms with Crippen LogP contribution < -0.4 is 0 Å². The first-order valence-electron chi connectivity index (χ1n) is 6.73. The van der Waals surface area contributed by atoms with Gasteiger partial charge in [0.05, 0.1) is 13.2 Å². The van der Waals surface area contributed by atoms with E-state index in [2.05, 4.69) is 10.1 Å². The van der Waals surface area contributed by atoms with E-state index in [4.69, 9.17) is 4.52 Å². The van der Waals surface area contributed by atoms with Gasteiger partial charge in [-0.3, -0.25) is 4.90 Å². The highest BCUT2D eigenvalue weighted by Crippen LogP contribution is 2.23. The van der Waals surface area contributed by atoms with Crippen molar-refractivity contribution in [3.05, 3.63) is 42.2 Å². The van der Waals surface area contributed by atoms with Crippen molar-refractivity contribution in [2.75, 3.05) is 13.2 Å². The molecule has 0 radical (unpaired) electrons. The van der Waals surface area contributed by atoms with Gasteiger partial charge in [0.15, 0.2) is 5.76 Å². The second-order valence-corrected chi connectivity index (χ2v) is 4.99. The molecule has 1 aromatic carbocycles. The third-order valence-electron chi connectivity index (χ3n) is 3.70. The first-order valence-corrected chi connectivity index (χ1v) is 6.73. The Hall–Kier alpha value is -1.65. The van der Waals surface area contributed by atoms with E-state index >= 15 is 0 Å². The Bertz CT molecular complexity index is 524. The number of nitrogens with zero attached hydrogens (tertiary/aromatic N) is 2. The molecule has 1 fully saturated rings. The summed E-state index contributed by atoms with van der Waals surface area (Å²) >= 11 is 0. The molecular formula is C15H18N2O2. The molecule has 4 nitrogen and oxygen atoms in total. The van der Waals surface area contributed by atoms with Crippen molar-refractivity contribution in [1.82, 2.24) is 10.1 Å². The Kier molecular flexibility index (Phi) is 3.62. The Balaban J connectivity index is 1.72. The number of aliphatic hydroxyl groups is 1. The van der Waals surface area contributed by atoms with Gasteiger partial charge in [0.25, 0.3) is 0 Å². The third-order valence-corrected chi connectivity index (χ3v) is 3.70. The smallest absolute Gasteiger partial charge is 0.151 e. The fourth-order valence-corrected chi connectivity index (χ4v) is 2.64. The highest BCUT2D eigenvalue weighted by molar-refractivity contribution is 5.58. The molecule has 1 atom stereocenters. The minimum atomic E-state index is 0.222. The fraction of sp³-hybridized carbons (Fsp3) is 0.400. The summed E-state index contributed by atoms with van der Waals surface area (Å²) in [7, 11) is 0. The van der Waals surface area contributed by atoms with Crippen LogP contribution in [0.1, 0.15) is 18.6 Å². The van der Waals surface area contributed by atoms with Gasteiger partial charge in [-0.25, -0.2) is 0 Å². The van der Waals surface area contributed by atoms with E-state index in [-0.39, 0.29) is 12.6 Å². The monoisotopic (exact) mass is 258 g/mol. The zero-order valence-corrected chi connectivity index (χ0v) is 10.8. The maximum absolute atomic E-state index is 9.31. The van der Waals surface area contributed by atoms with Gasteiger partial charge in [0.2, 0.25) is 0 Å². The van der Waals surface area contributed by atoms with Crippen molar-refractivity contribution >= 4 is 0 Å². The number of likely N-dealkylation sites (tertiary alicyclic amines) is 1. The van der Waals surface area contributed by atoms with Crippen LogP contribution in [0.15, 0.2) is 40.9 Å². The second kappa shape index (κ2) is 5.55. The van der Waals surface area contributed by atoms with E-state index in [1.165, 1.54) is 0 Å². The Labute approximate surface area is 112 Å².